The van der Waals surface area contributed by atoms with Gasteiger partial charge in [0.05, 0.1) is 22.3 Å². The lowest BCUT2D eigenvalue weighted by Gasteiger charge is -2.45. The number of aliphatic hydroxyl groups is 2. The summed E-state index contributed by atoms with van der Waals surface area (Å²) in [4.78, 5) is 53.7. The average molecular weight is 653 g/mol. The van der Waals surface area contributed by atoms with E-state index in [0.717, 1.165) is 22.3 Å². The smallest absolute Gasteiger partial charge is 0.338 e. The Bertz CT molecular complexity index is 1630. The third-order valence-electron chi connectivity index (χ3n) is 8.12. The van der Waals surface area contributed by atoms with Crippen molar-refractivity contribution in [1.82, 2.24) is 0 Å². The molecular weight excluding hydrogens is 616 g/mol. The highest BCUT2D eigenvalue weighted by molar-refractivity contribution is 5.92. The normalized spacial score (nSPS) is 21.9. The van der Waals surface area contributed by atoms with Crippen LogP contribution in [0.1, 0.15) is 63.7 Å². The van der Waals surface area contributed by atoms with Gasteiger partial charge < -0.3 is 29.2 Å². The molecule has 1 aliphatic rings. The molecule has 4 aromatic rings. The molecule has 0 amide bonds. The number of esters is 4. The lowest BCUT2D eigenvalue weighted by Crippen LogP contribution is -2.67. The maximum atomic E-state index is 13.5. The third kappa shape index (κ3) is 7.79. The predicted molar refractivity (Wildman–Crippen MR) is 174 cm³/mol. The van der Waals surface area contributed by atoms with Gasteiger partial charge in [-0.05, 0) is 76.2 Å². The average Bonchev–Trinajstić information content (AvgIpc) is 3.07. The molecule has 10 heteroatoms. The minimum atomic E-state index is -1.94. The van der Waals surface area contributed by atoms with Gasteiger partial charge in [0.15, 0.2) is 24.4 Å². The van der Waals surface area contributed by atoms with Gasteiger partial charge in [-0.25, -0.2) is 19.2 Å². The van der Waals surface area contributed by atoms with E-state index in [4.69, 9.17) is 18.9 Å². The van der Waals surface area contributed by atoms with Crippen molar-refractivity contribution >= 4 is 23.9 Å². The van der Waals surface area contributed by atoms with Crippen molar-refractivity contribution in [2.24, 2.45) is 0 Å². The summed E-state index contributed by atoms with van der Waals surface area (Å²) in [7, 11) is 0. The van der Waals surface area contributed by atoms with Crippen molar-refractivity contribution in [2.75, 3.05) is 0 Å². The molecule has 3 unspecified atom stereocenters. The molecule has 1 aliphatic carbocycles. The van der Waals surface area contributed by atoms with E-state index in [1.54, 1.807) is 48.5 Å². The minimum absolute atomic E-state index is 0.113. The molecular formula is C38H36O10. The molecule has 0 bridgehead atoms. The topological polar surface area (TPSA) is 146 Å². The number of carbonyl (C=O) groups excluding carboxylic acids is 4. The maximum Gasteiger partial charge on any atom is 0.338 e. The van der Waals surface area contributed by atoms with Gasteiger partial charge in [0.25, 0.3) is 0 Å². The van der Waals surface area contributed by atoms with E-state index >= 15 is 0 Å². The number of benzene rings is 4. The summed E-state index contributed by atoms with van der Waals surface area (Å²) < 4.78 is 23.1. The van der Waals surface area contributed by atoms with Gasteiger partial charge in [-0.3, -0.25) is 0 Å². The van der Waals surface area contributed by atoms with Crippen LogP contribution in [0, 0.1) is 27.7 Å². The van der Waals surface area contributed by atoms with E-state index in [1.807, 2.05) is 27.7 Å². The lowest BCUT2D eigenvalue weighted by atomic mass is 9.84. The highest BCUT2D eigenvalue weighted by atomic mass is 16.6. The van der Waals surface area contributed by atoms with Crippen LogP contribution >= 0.6 is 0 Å². The molecule has 0 heterocycles. The molecule has 0 saturated heterocycles. The largest absolute Gasteiger partial charge is 0.452 e. The Morgan fingerprint density at radius 1 is 0.375 bits per heavy atom. The Kier molecular flexibility index (Phi) is 10.4. The van der Waals surface area contributed by atoms with Crippen molar-refractivity contribution in [2.45, 2.75) is 64.3 Å². The van der Waals surface area contributed by atoms with Gasteiger partial charge in [0.2, 0.25) is 0 Å². The minimum Gasteiger partial charge on any atom is -0.452 e. The molecule has 48 heavy (non-hydrogen) atoms. The van der Waals surface area contributed by atoms with Gasteiger partial charge >= 0.3 is 23.9 Å². The van der Waals surface area contributed by atoms with Crippen molar-refractivity contribution < 1.29 is 48.3 Å². The Morgan fingerprint density at radius 3 is 0.771 bits per heavy atom. The first kappa shape index (κ1) is 34.0. The van der Waals surface area contributed by atoms with Gasteiger partial charge in [-0.15, -0.1) is 0 Å². The monoisotopic (exact) mass is 652 g/mol. The number of aryl methyl sites for hydroxylation is 4. The summed E-state index contributed by atoms with van der Waals surface area (Å²) in [6, 6.07) is 25.6. The summed E-state index contributed by atoms with van der Waals surface area (Å²) in [5, 5.41) is 22.8. The molecule has 1 fully saturated rings. The summed E-state index contributed by atoms with van der Waals surface area (Å²) in [6.07, 6.45) is -10.9. The lowest BCUT2D eigenvalue weighted by molar-refractivity contribution is -0.223. The fraction of sp³-hybridized carbons (Fsp3) is 0.263. The van der Waals surface area contributed by atoms with E-state index in [0.29, 0.717) is 0 Å². The van der Waals surface area contributed by atoms with E-state index < -0.39 is 60.5 Å². The van der Waals surface area contributed by atoms with Crippen LogP contribution in [0.15, 0.2) is 97.1 Å². The first-order valence-corrected chi connectivity index (χ1v) is 15.4. The second-order valence-corrected chi connectivity index (χ2v) is 11.9. The number of aliphatic hydroxyl groups excluding tert-OH is 2. The number of ether oxygens (including phenoxy) is 4. The molecule has 0 spiro atoms. The molecule has 10 nitrogen and oxygen atoms in total. The highest BCUT2D eigenvalue weighted by Gasteiger charge is 2.57. The van der Waals surface area contributed by atoms with Crippen LogP contribution in [0.5, 0.6) is 0 Å². The van der Waals surface area contributed by atoms with Gasteiger partial charge in [-0.1, -0.05) is 70.8 Å². The number of hydrogen-bond donors (Lipinski definition) is 2. The van der Waals surface area contributed by atoms with Crippen LogP contribution < -0.4 is 0 Å². The van der Waals surface area contributed by atoms with Crippen LogP contribution in [-0.4, -0.2) is 70.7 Å². The van der Waals surface area contributed by atoms with Crippen molar-refractivity contribution in [3.8, 4) is 0 Å². The first-order chi connectivity index (χ1) is 22.9. The van der Waals surface area contributed by atoms with E-state index in [-0.39, 0.29) is 22.3 Å². The van der Waals surface area contributed by atoms with Gasteiger partial charge in [0, 0.05) is 0 Å². The Morgan fingerprint density at radius 2 is 0.562 bits per heavy atom. The maximum absolute atomic E-state index is 13.5. The Balaban J connectivity index is 1.56. The number of hydrogen-bond acceptors (Lipinski definition) is 10. The molecule has 5 rings (SSSR count). The molecule has 6 atom stereocenters. The molecule has 1 saturated carbocycles. The molecule has 248 valence electrons. The predicted octanol–water partition coefficient (Wildman–Crippen LogP) is 4.86. The fourth-order valence-electron chi connectivity index (χ4n) is 5.22. The molecule has 0 radical (unpaired) electrons. The van der Waals surface area contributed by atoms with Crippen LogP contribution in [0.2, 0.25) is 0 Å². The van der Waals surface area contributed by atoms with Gasteiger partial charge in [-0.2, -0.15) is 0 Å². The van der Waals surface area contributed by atoms with Crippen molar-refractivity contribution in [1.29, 1.82) is 0 Å². The summed E-state index contributed by atoms with van der Waals surface area (Å²) >= 11 is 0. The molecule has 0 aromatic heterocycles. The van der Waals surface area contributed by atoms with Crippen LogP contribution in [0.3, 0.4) is 0 Å². The van der Waals surface area contributed by atoms with Crippen molar-refractivity contribution in [3.63, 3.8) is 0 Å². The Hall–Kier alpha value is -5.32. The SMILES string of the molecule is Cc1ccc(C(=O)OC2C(OC(=O)c3ccc(C)cc3)[C@@H](OC(=O)c3ccc(C)cc3)[C@H](O)C(O)[C@H]2OC(=O)c2ccc(C)cc2)cc1. The molecule has 4 aromatic carbocycles. The quantitative estimate of drug-likeness (QED) is 0.200. The van der Waals surface area contributed by atoms with Crippen LogP contribution in [0.25, 0.3) is 0 Å². The second kappa shape index (κ2) is 14.6. The zero-order valence-corrected chi connectivity index (χ0v) is 26.9. The zero-order chi connectivity index (χ0) is 34.5. The zero-order valence-electron chi connectivity index (χ0n) is 26.9. The summed E-state index contributed by atoms with van der Waals surface area (Å²) in [6.45, 7) is 7.34. The van der Waals surface area contributed by atoms with Gasteiger partial charge in [0.1, 0.15) is 12.2 Å². The van der Waals surface area contributed by atoms with Crippen LogP contribution in [0.4, 0.5) is 0 Å². The van der Waals surface area contributed by atoms with E-state index in [9.17, 15) is 29.4 Å². The van der Waals surface area contributed by atoms with Crippen molar-refractivity contribution in [3.05, 3.63) is 142 Å². The van der Waals surface area contributed by atoms with Crippen LogP contribution in [-0.2, 0) is 18.9 Å². The second-order valence-electron chi connectivity index (χ2n) is 11.9. The third-order valence-corrected chi connectivity index (χ3v) is 8.12. The highest BCUT2D eigenvalue weighted by Crippen LogP contribution is 2.33. The van der Waals surface area contributed by atoms with E-state index in [1.165, 1.54) is 48.5 Å². The first-order valence-electron chi connectivity index (χ1n) is 15.4. The Labute approximate surface area is 277 Å². The van der Waals surface area contributed by atoms with E-state index in [2.05, 4.69) is 0 Å². The summed E-state index contributed by atoms with van der Waals surface area (Å²) in [5.74, 6) is -3.61. The molecule has 0 aliphatic heterocycles. The number of carbonyl (C=O) groups is 4. The number of rotatable bonds is 8. The molecule has 2 N–H and O–H groups in total. The standard InChI is InChI=1S/C38H36O10/c1-21-5-13-25(14-6-21)35(41)45-31-29(39)30(40)32(46-36(42)26-15-7-22(2)8-16-26)34(48-38(44)28-19-11-24(4)12-20-28)33(31)47-37(43)27-17-9-23(3)10-18-27/h5-20,29-34,39-40H,1-4H3/t29-,30?,31+,32-,33?,34?/m1/s1. The summed E-state index contributed by atoms with van der Waals surface area (Å²) in [5.41, 5.74) is 3.97. The fourth-order valence-corrected chi connectivity index (χ4v) is 5.22.